The highest BCUT2D eigenvalue weighted by molar-refractivity contribution is 7.89. The van der Waals surface area contributed by atoms with Crippen LogP contribution in [0.15, 0.2) is 34.5 Å². The molecule has 1 fully saturated rings. The molecule has 1 N–H and O–H groups in total. The second-order valence-corrected chi connectivity index (χ2v) is 8.09. The maximum Gasteiger partial charge on any atom is 0.257 e. The highest BCUT2D eigenvalue weighted by Crippen LogP contribution is 2.19. The minimum atomic E-state index is -3.55. The normalized spacial score (nSPS) is 16.0. The third-order valence-corrected chi connectivity index (χ3v) is 6.35. The molecule has 2 aromatic rings. The van der Waals surface area contributed by atoms with Gasteiger partial charge in [-0.15, -0.1) is 11.3 Å². The van der Waals surface area contributed by atoms with Gasteiger partial charge >= 0.3 is 0 Å². The van der Waals surface area contributed by atoms with E-state index in [1.807, 2.05) is 12.3 Å². The molecule has 1 amide bonds. The number of carbonyl (C=O) groups excluding carboxylic acids is 1. The molecule has 7 nitrogen and oxygen atoms in total. The standard InChI is InChI=1S/C15H17N3O4S2/c1-11-10-23-15(16-11)17-14(19)12-2-4-13(5-3-12)24(20,21)18-6-8-22-9-7-18/h2-5,10H,6-9H2,1H3,(H,16,17,19). The van der Waals surface area contributed by atoms with Crippen LogP contribution in [-0.2, 0) is 14.8 Å². The molecular weight excluding hydrogens is 350 g/mol. The van der Waals surface area contributed by atoms with Gasteiger partial charge in [-0.1, -0.05) is 0 Å². The highest BCUT2D eigenvalue weighted by Gasteiger charge is 2.26. The summed E-state index contributed by atoms with van der Waals surface area (Å²) in [6.45, 7) is 3.32. The number of nitrogens with zero attached hydrogens (tertiary/aromatic N) is 2. The van der Waals surface area contributed by atoms with Crippen molar-refractivity contribution < 1.29 is 17.9 Å². The van der Waals surface area contributed by atoms with Gasteiger partial charge in [-0.2, -0.15) is 4.31 Å². The number of ether oxygens (including phenoxy) is 1. The van der Waals surface area contributed by atoms with Crippen molar-refractivity contribution in [3.05, 3.63) is 40.9 Å². The smallest absolute Gasteiger partial charge is 0.257 e. The van der Waals surface area contributed by atoms with Crippen LogP contribution in [0.4, 0.5) is 5.13 Å². The minimum Gasteiger partial charge on any atom is -0.379 e. The summed E-state index contributed by atoms with van der Waals surface area (Å²) < 4.78 is 31.6. The summed E-state index contributed by atoms with van der Waals surface area (Å²) in [5.74, 6) is -0.320. The molecule has 1 aliphatic rings. The number of aryl methyl sites for hydroxylation is 1. The second-order valence-electron chi connectivity index (χ2n) is 5.29. The van der Waals surface area contributed by atoms with Gasteiger partial charge in [-0.25, -0.2) is 13.4 Å². The molecule has 0 saturated carbocycles. The Balaban J connectivity index is 1.73. The zero-order valence-corrected chi connectivity index (χ0v) is 14.7. The molecule has 0 radical (unpaired) electrons. The lowest BCUT2D eigenvalue weighted by Crippen LogP contribution is -2.40. The number of benzene rings is 1. The van der Waals surface area contributed by atoms with E-state index in [4.69, 9.17) is 4.74 Å². The fourth-order valence-electron chi connectivity index (χ4n) is 2.29. The van der Waals surface area contributed by atoms with Crippen LogP contribution in [0.1, 0.15) is 16.1 Å². The van der Waals surface area contributed by atoms with Crippen LogP contribution in [0.2, 0.25) is 0 Å². The Bertz CT molecular complexity index is 825. The summed E-state index contributed by atoms with van der Waals surface area (Å²) in [5.41, 5.74) is 1.21. The molecule has 1 aliphatic heterocycles. The molecule has 0 spiro atoms. The van der Waals surface area contributed by atoms with Crippen LogP contribution < -0.4 is 5.32 Å². The monoisotopic (exact) mass is 367 g/mol. The van der Waals surface area contributed by atoms with Gasteiger partial charge in [0.05, 0.1) is 23.8 Å². The number of rotatable bonds is 4. The second kappa shape index (κ2) is 6.98. The number of thiazole rings is 1. The predicted octanol–water partition coefficient (Wildman–Crippen LogP) is 1.72. The molecule has 0 atom stereocenters. The van der Waals surface area contributed by atoms with E-state index in [1.165, 1.54) is 39.9 Å². The molecule has 1 aromatic heterocycles. The van der Waals surface area contributed by atoms with E-state index in [2.05, 4.69) is 10.3 Å². The molecular formula is C15H17N3O4S2. The molecule has 1 aromatic carbocycles. The van der Waals surface area contributed by atoms with Gasteiger partial charge in [-0.3, -0.25) is 10.1 Å². The van der Waals surface area contributed by atoms with Crippen molar-refractivity contribution in [1.29, 1.82) is 0 Å². The van der Waals surface area contributed by atoms with Crippen LogP contribution in [-0.4, -0.2) is 49.9 Å². The summed E-state index contributed by atoms with van der Waals surface area (Å²) in [5, 5.41) is 5.05. The summed E-state index contributed by atoms with van der Waals surface area (Å²) >= 11 is 1.34. The molecule has 0 unspecified atom stereocenters. The Hall–Kier alpha value is -1.81. The van der Waals surface area contributed by atoms with Crippen LogP contribution in [0.25, 0.3) is 0 Å². The summed E-state index contributed by atoms with van der Waals surface area (Å²) in [7, 11) is -3.55. The topological polar surface area (TPSA) is 88.6 Å². The maximum absolute atomic E-state index is 12.5. The number of hydrogen-bond acceptors (Lipinski definition) is 6. The van der Waals surface area contributed by atoms with Crippen molar-refractivity contribution in [2.75, 3.05) is 31.6 Å². The lowest BCUT2D eigenvalue weighted by Gasteiger charge is -2.26. The number of anilines is 1. The number of nitrogens with one attached hydrogen (secondary N) is 1. The van der Waals surface area contributed by atoms with Gasteiger partial charge in [0.15, 0.2) is 5.13 Å². The van der Waals surface area contributed by atoms with Crippen molar-refractivity contribution in [1.82, 2.24) is 9.29 Å². The van der Waals surface area contributed by atoms with E-state index in [9.17, 15) is 13.2 Å². The summed E-state index contributed by atoms with van der Waals surface area (Å²) in [6.07, 6.45) is 0. The average Bonchev–Trinajstić information content (AvgIpc) is 3.00. The van der Waals surface area contributed by atoms with E-state index >= 15 is 0 Å². The van der Waals surface area contributed by atoms with E-state index in [-0.39, 0.29) is 10.8 Å². The van der Waals surface area contributed by atoms with E-state index in [1.54, 1.807) is 0 Å². The van der Waals surface area contributed by atoms with Crippen LogP contribution >= 0.6 is 11.3 Å². The number of sulfonamides is 1. The quantitative estimate of drug-likeness (QED) is 0.889. The first kappa shape index (κ1) is 17.0. The Morgan fingerprint density at radius 2 is 1.92 bits per heavy atom. The summed E-state index contributed by atoms with van der Waals surface area (Å²) in [6, 6.07) is 5.91. The van der Waals surface area contributed by atoms with Crippen LogP contribution in [0.3, 0.4) is 0 Å². The number of morpholine rings is 1. The van der Waals surface area contributed by atoms with Gasteiger partial charge in [0.2, 0.25) is 10.0 Å². The number of carbonyl (C=O) groups is 1. The zero-order valence-electron chi connectivity index (χ0n) is 13.1. The van der Waals surface area contributed by atoms with Crippen LogP contribution in [0.5, 0.6) is 0 Å². The van der Waals surface area contributed by atoms with Gasteiger partial charge in [0, 0.05) is 24.0 Å². The van der Waals surface area contributed by atoms with Crippen LogP contribution in [0, 0.1) is 6.92 Å². The van der Waals surface area contributed by atoms with E-state index in [0.717, 1.165) is 5.69 Å². The summed E-state index contributed by atoms with van der Waals surface area (Å²) in [4.78, 5) is 16.5. The Kier molecular flexibility index (Phi) is 4.95. The number of amides is 1. The third-order valence-electron chi connectivity index (χ3n) is 3.56. The molecule has 128 valence electrons. The molecule has 9 heteroatoms. The first-order chi connectivity index (χ1) is 11.5. The molecule has 3 rings (SSSR count). The van der Waals surface area contributed by atoms with Gasteiger partial charge in [-0.05, 0) is 31.2 Å². The first-order valence-corrected chi connectivity index (χ1v) is 9.70. The Morgan fingerprint density at radius 1 is 1.25 bits per heavy atom. The third kappa shape index (κ3) is 3.64. The lowest BCUT2D eigenvalue weighted by molar-refractivity contribution is 0.0730. The van der Waals surface area contributed by atoms with Crippen molar-refractivity contribution in [2.24, 2.45) is 0 Å². The molecule has 0 aliphatic carbocycles. The van der Waals surface area contributed by atoms with E-state index in [0.29, 0.717) is 37.0 Å². The van der Waals surface area contributed by atoms with Crippen molar-refractivity contribution in [3.8, 4) is 0 Å². The molecule has 1 saturated heterocycles. The van der Waals surface area contributed by atoms with Gasteiger partial charge in [0.1, 0.15) is 0 Å². The zero-order chi connectivity index (χ0) is 17.2. The number of aromatic nitrogens is 1. The highest BCUT2D eigenvalue weighted by atomic mass is 32.2. The Labute approximate surface area is 144 Å². The van der Waals surface area contributed by atoms with E-state index < -0.39 is 10.0 Å². The molecule has 2 heterocycles. The van der Waals surface area contributed by atoms with Gasteiger partial charge in [0.25, 0.3) is 5.91 Å². The average molecular weight is 367 g/mol. The fraction of sp³-hybridized carbons (Fsp3) is 0.333. The molecule has 0 bridgehead atoms. The fourth-order valence-corrected chi connectivity index (χ4v) is 4.39. The maximum atomic E-state index is 12.5. The largest absolute Gasteiger partial charge is 0.379 e. The SMILES string of the molecule is Cc1csc(NC(=O)c2ccc(S(=O)(=O)N3CCOCC3)cc2)n1. The Morgan fingerprint density at radius 3 is 2.50 bits per heavy atom. The van der Waals surface area contributed by atoms with Crippen molar-refractivity contribution in [3.63, 3.8) is 0 Å². The van der Waals surface area contributed by atoms with Crippen molar-refractivity contribution in [2.45, 2.75) is 11.8 Å². The lowest BCUT2D eigenvalue weighted by atomic mass is 10.2. The predicted molar refractivity (Wildman–Crippen MR) is 90.8 cm³/mol. The first-order valence-electron chi connectivity index (χ1n) is 7.38. The molecule has 24 heavy (non-hydrogen) atoms. The minimum absolute atomic E-state index is 0.172. The van der Waals surface area contributed by atoms with Crippen molar-refractivity contribution >= 4 is 32.4 Å². The van der Waals surface area contributed by atoms with Gasteiger partial charge < -0.3 is 4.74 Å². The number of hydrogen-bond donors (Lipinski definition) is 1.